The molecule has 0 heterocycles. The van der Waals surface area contributed by atoms with Crippen LogP contribution in [0.2, 0.25) is 0 Å². The molecule has 0 fully saturated rings. The number of allylic oxidation sites excluding steroid dienone is 3. The molecule has 0 unspecified atom stereocenters. The molecule has 1 heteroatoms. The molecule has 0 radical (unpaired) electrons. The average Bonchev–Trinajstić information content (AvgIpc) is 2.18. The molecule has 1 rings (SSSR count). The van der Waals surface area contributed by atoms with Crippen molar-refractivity contribution >= 4 is 0 Å². The normalized spacial score (nSPS) is 16.6. The fraction of sp³-hybridized carbons (Fsp3) is 0.538. The van der Waals surface area contributed by atoms with Gasteiger partial charge in [0, 0.05) is 0 Å². The van der Waals surface area contributed by atoms with Gasteiger partial charge in [0.05, 0.1) is 13.2 Å². The minimum Gasteiger partial charge on any atom is -0.373 e. The van der Waals surface area contributed by atoms with Crippen LogP contribution in [-0.4, -0.2) is 13.2 Å². The minimum absolute atomic E-state index is 0.618. The Balaban J connectivity index is 2.09. The Hall–Kier alpha value is -0.820. The van der Waals surface area contributed by atoms with Crippen molar-refractivity contribution in [2.45, 2.75) is 26.7 Å². The van der Waals surface area contributed by atoms with Gasteiger partial charge in [0.15, 0.2) is 0 Å². The fourth-order valence-electron chi connectivity index (χ4n) is 1.35. The molecule has 0 N–H and O–H groups in total. The third kappa shape index (κ3) is 5.03. The largest absolute Gasteiger partial charge is 0.373 e. The Morgan fingerprint density at radius 2 is 2.29 bits per heavy atom. The summed E-state index contributed by atoms with van der Waals surface area (Å²) in [7, 11) is 0. The molecule has 1 aliphatic carbocycles. The molecule has 0 spiro atoms. The number of rotatable bonds is 5. The third-order valence-electron chi connectivity index (χ3n) is 2.08. The molecular weight excluding hydrogens is 172 g/mol. The van der Waals surface area contributed by atoms with Gasteiger partial charge in [-0.05, 0) is 24.3 Å². The van der Waals surface area contributed by atoms with Crippen molar-refractivity contribution in [3.63, 3.8) is 0 Å². The fourth-order valence-corrected chi connectivity index (χ4v) is 1.35. The van der Waals surface area contributed by atoms with E-state index in [1.54, 1.807) is 0 Å². The van der Waals surface area contributed by atoms with Gasteiger partial charge in [0.1, 0.15) is 0 Å². The van der Waals surface area contributed by atoms with Crippen LogP contribution in [0.5, 0.6) is 0 Å². The van der Waals surface area contributed by atoms with Gasteiger partial charge < -0.3 is 4.74 Å². The van der Waals surface area contributed by atoms with Crippen molar-refractivity contribution in [2.24, 2.45) is 5.92 Å². The maximum atomic E-state index is 5.52. The van der Waals surface area contributed by atoms with E-state index in [-0.39, 0.29) is 0 Å². The third-order valence-corrected chi connectivity index (χ3v) is 2.08. The minimum atomic E-state index is 0.618. The van der Waals surface area contributed by atoms with Crippen LogP contribution in [0.4, 0.5) is 0 Å². The van der Waals surface area contributed by atoms with Crippen LogP contribution in [-0.2, 0) is 4.74 Å². The quantitative estimate of drug-likeness (QED) is 0.478. The smallest absolute Gasteiger partial charge is 0.0717 e. The van der Waals surface area contributed by atoms with Crippen molar-refractivity contribution in [3.05, 3.63) is 36.0 Å². The highest BCUT2D eigenvalue weighted by Crippen LogP contribution is 2.09. The lowest BCUT2D eigenvalue weighted by Crippen LogP contribution is -1.98. The standard InChI is InChI=1S/C13H20O/c1-12(2)7-6-10-14-11-13-8-4-3-5-9-13/h4,6-9,12H,3,5,10-11H2,1-2H3/b7-6+. The molecule has 0 atom stereocenters. The summed E-state index contributed by atoms with van der Waals surface area (Å²) in [6, 6.07) is 0. The molecule has 0 aromatic heterocycles. The lowest BCUT2D eigenvalue weighted by molar-refractivity contribution is 0.188. The van der Waals surface area contributed by atoms with Crippen molar-refractivity contribution in [1.82, 2.24) is 0 Å². The van der Waals surface area contributed by atoms with E-state index in [1.165, 1.54) is 12.0 Å². The molecule has 1 nitrogen and oxygen atoms in total. The number of ether oxygens (including phenoxy) is 1. The van der Waals surface area contributed by atoms with E-state index in [1.807, 2.05) is 0 Å². The zero-order chi connectivity index (χ0) is 10.2. The molecule has 0 amide bonds. The monoisotopic (exact) mass is 192 g/mol. The first-order valence-electron chi connectivity index (χ1n) is 5.39. The Labute approximate surface area is 87.2 Å². The van der Waals surface area contributed by atoms with Gasteiger partial charge in [-0.1, -0.05) is 44.2 Å². The second-order valence-electron chi connectivity index (χ2n) is 3.95. The zero-order valence-corrected chi connectivity index (χ0v) is 9.20. The van der Waals surface area contributed by atoms with E-state index in [0.29, 0.717) is 5.92 Å². The maximum Gasteiger partial charge on any atom is 0.0717 e. The molecule has 0 aliphatic heterocycles. The Kier molecular flexibility index (Phi) is 5.31. The molecular formula is C13H20O. The van der Waals surface area contributed by atoms with Crippen LogP contribution in [0.1, 0.15) is 26.7 Å². The van der Waals surface area contributed by atoms with E-state index in [9.17, 15) is 0 Å². The van der Waals surface area contributed by atoms with Gasteiger partial charge in [0.2, 0.25) is 0 Å². The van der Waals surface area contributed by atoms with E-state index in [2.05, 4.69) is 44.2 Å². The molecule has 0 aromatic carbocycles. The molecule has 0 saturated carbocycles. The second-order valence-corrected chi connectivity index (χ2v) is 3.95. The van der Waals surface area contributed by atoms with E-state index in [0.717, 1.165) is 19.6 Å². The highest BCUT2D eigenvalue weighted by atomic mass is 16.5. The Bertz CT molecular complexity index is 234. The molecule has 1 aliphatic rings. The van der Waals surface area contributed by atoms with Crippen molar-refractivity contribution in [3.8, 4) is 0 Å². The Morgan fingerprint density at radius 1 is 1.43 bits per heavy atom. The van der Waals surface area contributed by atoms with Crippen LogP contribution in [0.25, 0.3) is 0 Å². The summed E-state index contributed by atoms with van der Waals surface area (Å²) < 4.78 is 5.52. The van der Waals surface area contributed by atoms with Gasteiger partial charge in [0.25, 0.3) is 0 Å². The highest BCUT2D eigenvalue weighted by molar-refractivity contribution is 5.22. The number of hydrogen-bond acceptors (Lipinski definition) is 1. The second kappa shape index (κ2) is 6.61. The molecule has 0 aromatic rings. The zero-order valence-electron chi connectivity index (χ0n) is 9.20. The van der Waals surface area contributed by atoms with Gasteiger partial charge in [-0.15, -0.1) is 0 Å². The van der Waals surface area contributed by atoms with Gasteiger partial charge in [-0.25, -0.2) is 0 Å². The van der Waals surface area contributed by atoms with E-state index >= 15 is 0 Å². The molecule has 78 valence electrons. The Morgan fingerprint density at radius 3 is 2.93 bits per heavy atom. The summed E-state index contributed by atoms with van der Waals surface area (Å²) in [5, 5.41) is 0. The first kappa shape index (κ1) is 11.3. The predicted molar refractivity (Wildman–Crippen MR) is 61.3 cm³/mol. The summed E-state index contributed by atoms with van der Waals surface area (Å²) in [6.07, 6.45) is 13.2. The first-order valence-corrected chi connectivity index (χ1v) is 5.39. The SMILES string of the molecule is CC(C)/C=C/COCC1=CCCC=C1. The summed E-state index contributed by atoms with van der Waals surface area (Å²) in [4.78, 5) is 0. The van der Waals surface area contributed by atoms with Crippen molar-refractivity contribution < 1.29 is 4.74 Å². The molecule has 0 bridgehead atoms. The van der Waals surface area contributed by atoms with Gasteiger partial charge in [-0.3, -0.25) is 0 Å². The average molecular weight is 192 g/mol. The number of hydrogen-bond donors (Lipinski definition) is 0. The van der Waals surface area contributed by atoms with Crippen LogP contribution in [0.15, 0.2) is 36.0 Å². The molecule has 0 saturated heterocycles. The van der Waals surface area contributed by atoms with Crippen LogP contribution < -0.4 is 0 Å². The molecule has 14 heavy (non-hydrogen) atoms. The lowest BCUT2D eigenvalue weighted by atomic mass is 10.1. The van der Waals surface area contributed by atoms with Gasteiger partial charge >= 0.3 is 0 Å². The van der Waals surface area contributed by atoms with Crippen LogP contribution >= 0.6 is 0 Å². The summed E-state index contributed by atoms with van der Waals surface area (Å²) >= 11 is 0. The summed E-state index contributed by atoms with van der Waals surface area (Å²) in [6.45, 7) is 5.81. The predicted octanol–water partition coefficient (Wildman–Crippen LogP) is 3.49. The van der Waals surface area contributed by atoms with Crippen LogP contribution in [0.3, 0.4) is 0 Å². The topological polar surface area (TPSA) is 9.23 Å². The van der Waals surface area contributed by atoms with Crippen LogP contribution in [0, 0.1) is 5.92 Å². The summed E-state index contributed by atoms with van der Waals surface area (Å²) in [5.41, 5.74) is 1.31. The van der Waals surface area contributed by atoms with Gasteiger partial charge in [-0.2, -0.15) is 0 Å². The van der Waals surface area contributed by atoms with E-state index < -0.39 is 0 Å². The summed E-state index contributed by atoms with van der Waals surface area (Å²) in [5.74, 6) is 0.618. The van der Waals surface area contributed by atoms with Crippen molar-refractivity contribution in [2.75, 3.05) is 13.2 Å². The van der Waals surface area contributed by atoms with E-state index in [4.69, 9.17) is 4.74 Å². The maximum absolute atomic E-state index is 5.52. The van der Waals surface area contributed by atoms with Crippen molar-refractivity contribution in [1.29, 1.82) is 0 Å². The highest BCUT2D eigenvalue weighted by Gasteiger charge is 1.96. The first-order chi connectivity index (χ1) is 6.79. The lowest BCUT2D eigenvalue weighted by Gasteiger charge is -2.06.